The van der Waals surface area contributed by atoms with Gasteiger partial charge in [0.05, 0.1) is 12.2 Å². The van der Waals surface area contributed by atoms with Crippen LogP contribution in [0.2, 0.25) is 0 Å². The fourth-order valence-corrected chi connectivity index (χ4v) is 3.55. The zero-order chi connectivity index (χ0) is 18.6. The molecule has 0 saturated heterocycles. The second-order valence-corrected chi connectivity index (χ2v) is 6.69. The lowest BCUT2D eigenvalue weighted by Crippen LogP contribution is -2.06. The molecule has 4 rings (SSSR count). The van der Waals surface area contributed by atoms with E-state index in [4.69, 9.17) is 0 Å². The number of unbranched alkanes of at least 4 members (excludes halogenated alkanes) is 2. The molecular weight excluding hydrogens is 339 g/mol. The van der Waals surface area contributed by atoms with E-state index >= 15 is 0 Å². The van der Waals surface area contributed by atoms with E-state index in [0.717, 1.165) is 34.5 Å². The van der Waals surface area contributed by atoms with Crippen LogP contribution in [-0.2, 0) is 6.54 Å². The molecule has 0 bridgehead atoms. The van der Waals surface area contributed by atoms with Crippen LogP contribution in [-0.4, -0.2) is 22.2 Å². The predicted molar refractivity (Wildman–Crippen MR) is 107 cm³/mol. The van der Waals surface area contributed by atoms with Crippen molar-refractivity contribution in [3.8, 4) is 0 Å². The van der Waals surface area contributed by atoms with E-state index in [1.165, 1.54) is 0 Å². The number of fused-ring (bicyclic) bond motifs is 2. The smallest absolute Gasteiger partial charge is 0.214 e. The number of carbonyl (C=O) groups excluding carboxylic acids is 1. The fraction of sp³-hybridized carbons (Fsp3) is 0.217. The molecule has 136 valence electrons. The molecule has 0 saturated carbocycles. The fourth-order valence-electron chi connectivity index (χ4n) is 3.55. The Bertz CT molecular complexity index is 1090. The summed E-state index contributed by atoms with van der Waals surface area (Å²) in [6.07, 6.45) is 2.23. The van der Waals surface area contributed by atoms with Gasteiger partial charge in [0.15, 0.2) is 0 Å². The third kappa shape index (κ3) is 3.35. The monoisotopic (exact) mass is 360 g/mol. The second kappa shape index (κ2) is 7.70. The van der Waals surface area contributed by atoms with Crippen molar-refractivity contribution in [3.05, 3.63) is 78.0 Å². The molecule has 0 fully saturated rings. The van der Waals surface area contributed by atoms with Gasteiger partial charge in [0, 0.05) is 17.5 Å². The first-order chi connectivity index (χ1) is 13.3. The maximum absolute atomic E-state index is 13.3. The van der Waals surface area contributed by atoms with Crippen molar-refractivity contribution >= 4 is 27.5 Å². The Kier molecular flexibility index (Phi) is 4.97. The number of para-hydroxylation sites is 1. The average molecular weight is 360 g/mol. The number of carbonyl (C=O) groups is 1. The first-order valence-electron chi connectivity index (χ1n) is 9.33. The maximum Gasteiger partial charge on any atom is 0.214 e. The predicted octanol–water partition coefficient (Wildman–Crippen LogP) is 5.56. The number of hydrogen-bond acceptors (Lipinski definition) is 2. The summed E-state index contributed by atoms with van der Waals surface area (Å²) in [5.41, 5.74) is 2.09. The number of benzene rings is 3. The summed E-state index contributed by atoms with van der Waals surface area (Å²) in [5, 5.41) is 7.48. The van der Waals surface area contributed by atoms with Crippen LogP contribution in [0.1, 0.15) is 35.3 Å². The summed E-state index contributed by atoms with van der Waals surface area (Å²) in [7, 11) is 0. The highest BCUT2D eigenvalue weighted by molar-refractivity contribution is 6.20. The molecule has 0 aliphatic heterocycles. The largest absolute Gasteiger partial charge is 0.287 e. The molecule has 0 aliphatic rings. The van der Waals surface area contributed by atoms with Gasteiger partial charge >= 0.3 is 0 Å². The van der Waals surface area contributed by atoms with E-state index in [0.29, 0.717) is 24.2 Å². The van der Waals surface area contributed by atoms with E-state index in [-0.39, 0.29) is 12.5 Å². The highest BCUT2D eigenvalue weighted by Gasteiger charge is 2.20. The average Bonchev–Trinajstić information content (AvgIpc) is 3.09. The van der Waals surface area contributed by atoms with Crippen molar-refractivity contribution < 1.29 is 9.18 Å². The number of rotatable bonds is 7. The number of aryl methyl sites for hydroxylation is 1. The second-order valence-electron chi connectivity index (χ2n) is 6.69. The van der Waals surface area contributed by atoms with Gasteiger partial charge in [-0.25, -0.2) is 0 Å². The molecule has 0 atom stereocenters. The van der Waals surface area contributed by atoms with Crippen LogP contribution >= 0.6 is 0 Å². The first kappa shape index (κ1) is 17.4. The molecule has 3 nitrogen and oxygen atoms in total. The Morgan fingerprint density at radius 2 is 1.59 bits per heavy atom. The van der Waals surface area contributed by atoms with Gasteiger partial charge in [0.1, 0.15) is 5.69 Å². The van der Waals surface area contributed by atoms with E-state index in [1.807, 2.05) is 71.4 Å². The van der Waals surface area contributed by atoms with E-state index in [2.05, 4.69) is 5.10 Å². The van der Waals surface area contributed by atoms with Gasteiger partial charge in [-0.2, -0.15) is 5.10 Å². The summed E-state index contributed by atoms with van der Waals surface area (Å²) < 4.78 is 14.2. The quantitative estimate of drug-likeness (QED) is 0.319. The minimum absolute atomic E-state index is 0.0643. The van der Waals surface area contributed by atoms with Crippen molar-refractivity contribution in [1.29, 1.82) is 0 Å². The van der Waals surface area contributed by atoms with Gasteiger partial charge in [-0.05, 0) is 36.1 Å². The summed E-state index contributed by atoms with van der Waals surface area (Å²) in [4.78, 5) is 13.3. The lowest BCUT2D eigenvalue weighted by atomic mass is 9.99. The number of ketones is 1. The lowest BCUT2D eigenvalue weighted by Gasteiger charge is -2.04. The number of nitrogens with zero attached hydrogens (tertiary/aromatic N) is 2. The molecule has 0 amide bonds. The molecular formula is C23H21FN2O. The van der Waals surface area contributed by atoms with Crippen LogP contribution in [0, 0.1) is 0 Å². The molecule has 1 heterocycles. The number of alkyl halides is 1. The van der Waals surface area contributed by atoms with Crippen molar-refractivity contribution in [2.24, 2.45) is 0 Å². The zero-order valence-electron chi connectivity index (χ0n) is 15.1. The Balaban J connectivity index is 1.75. The Morgan fingerprint density at radius 3 is 2.44 bits per heavy atom. The van der Waals surface area contributed by atoms with Crippen molar-refractivity contribution in [3.63, 3.8) is 0 Å². The molecule has 0 N–H and O–H groups in total. The van der Waals surface area contributed by atoms with Gasteiger partial charge in [-0.3, -0.25) is 13.9 Å². The summed E-state index contributed by atoms with van der Waals surface area (Å²) in [6, 6.07) is 21.5. The normalized spacial score (nSPS) is 11.3. The summed E-state index contributed by atoms with van der Waals surface area (Å²) in [6.45, 7) is 0.397. The van der Waals surface area contributed by atoms with Gasteiger partial charge in [-0.1, -0.05) is 60.7 Å². The lowest BCUT2D eigenvalue weighted by molar-refractivity contribution is 0.103. The van der Waals surface area contributed by atoms with Crippen LogP contribution < -0.4 is 0 Å². The molecule has 1 aromatic heterocycles. The van der Waals surface area contributed by atoms with Crippen LogP contribution in [0.25, 0.3) is 21.7 Å². The number of halogens is 1. The molecule has 0 spiro atoms. The summed E-state index contributed by atoms with van der Waals surface area (Å²) >= 11 is 0. The molecule has 0 unspecified atom stereocenters. The molecule has 3 aromatic carbocycles. The Labute approximate surface area is 157 Å². The van der Waals surface area contributed by atoms with Crippen molar-refractivity contribution in [2.45, 2.75) is 25.8 Å². The maximum atomic E-state index is 13.3. The SMILES string of the molecule is O=C(c1cccc2ccccc12)c1nn(CCCCCF)c2ccccc12. The topological polar surface area (TPSA) is 34.9 Å². The third-order valence-corrected chi connectivity index (χ3v) is 4.91. The van der Waals surface area contributed by atoms with Gasteiger partial charge in [0.2, 0.25) is 5.78 Å². The highest BCUT2D eigenvalue weighted by Crippen LogP contribution is 2.25. The van der Waals surface area contributed by atoms with Crippen LogP contribution in [0.4, 0.5) is 4.39 Å². The third-order valence-electron chi connectivity index (χ3n) is 4.91. The zero-order valence-corrected chi connectivity index (χ0v) is 15.1. The van der Waals surface area contributed by atoms with Gasteiger partial charge in [-0.15, -0.1) is 0 Å². The Morgan fingerprint density at radius 1 is 0.852 bits per heavy atom. The molecule has 0 radical (unpaired) electrons. The van der Waals surface area contributed by atoms with E-state index < -0.39 is 0 Å². The highest BCUT2D eigenvalue weighted by atomic mass is 19.1. The van der Waals surface area contributed by atoms with E-state index in [1.54, 1.807) is 0 Å². The first-order valence-corrected chi connectivity index (χ1v) is 9.33. The van der Waals surface area contributed by atoms with Crippen LogP contribution in [0.3, 0.4) is 0 Å². The van der Waals surface area contributed by atoms with E-state index in [9.17, 15) is 9.18 Å². The minimum atomic E-state index is -0.287. The number of aromatic nitrogens is 2. The molecule has 4 heteroatoms. The van der Waals surface area contributed by atoms with Crippen LogP contribution in [0.5, 0.6) is 0 Å². The molecule has 0 aliphatic carbocycles. The standard InChI is InChI=1S/C23H21FN2O/c24-15-6-1-7-16-26-21-14-5-4-12-20(21)22(25-26)23(27)19-13-8-10-17-9-2-3-11-18(17)19/h2-5,8-14H,1,6-7,15-16H2. The molecule has 4 aromatic rings. The Hall–Kier alpha value is -3.01. The summed E-state index contributed by atoms with van der Waals surface area (Å²) in [5.74, 6) is -0.0643. The van der Waals surface area contributed by atoms with Gasteiger partial charge in [0.25, 0.3) is 0 Å². The minimum Gasteiger partial charge on any atom is -0.287 e. The molecule has 27 heavy (non-hydrogen) atoms. The van der Waals surface area contributed by atoms with Crippen molar-refractivity contribution in [2.75, 3.05) is 6.67 Å². The van der Waals surface area contributed by atoms with Crippen molar-refractivity contribution in [1.82, 2.24) is 9.78 Å². The number of hydrogen-bond donors (Lipinski definition) is 0. The van der Waals surface area contributed by atoms with Crippen LogP contribution in [0.15, 0.2) is 66.7 Å². The van der Waals surface area contributed by atoms with Gasteiger partial charge < -0.3 is 0 Å².